The minimum atomic E-state index is -0.0716. The molecule has 94 valence electrons. The van der Waals surface area contributed by atoms with Crippen LogP contribution in [-0.2, 0) is 5.41 Å². The summed E-state index contributed by atoms with van der Waals surface area (Å²) in [5.41, 5.74) is -0.0716. The number of rotatable bonds is 3. The number of anilines is 1. The monoisotopic (exact) mass is 253 g/mol. The lowest BCUT2D eigenvalue weighted by Gasteiger charge is -2.26. The molecule has 3 nitrogen and oxygen atoms in total. The van der Waals surface area contributed by atoms with Crippen LogP contribution in [0.25, 0.3) is 0 Å². The summed E-state index contributed by atoms with van der Waals surface area (Å²) in [6.07, 6.45) is 4.03. The van der Waals surface area contributed by atoms with Gasteiger partial charge in [0.05, 0.1) is 0 Å². The van der Waals surface area contributed by atoms with Gasteiger partial charge in [-0.2, -0.15) is 0 Å². The third-order valence-corrected chi connectivity index (χ3v) is 3.36. The molecule has 17 heavy (non-hydrogen) atoms. The van der Waals surface area contributed by atoms with E-state index >= 15 is 0 Å². The van der Waals surface area contributed by atoms with E-state index in [-0.39, 0.29) is 5.41 Å². The lowest BCUT2D eigenvalue weighted by Crippen LogP contribution is -2.22. The summed E-state index contributed by atoms with van der Waals surface area (Å²) < 4.78 is 0. The molecule has 1 N–H and O–H groups in total. The molecule has 0 unspecified atom stereocenters. The van der Waals surface area contributed by atoms with Crippen molar-refractivity contribution in [3.63, 3.8) is 0 Å². The van der Waals surface area contributed by atoms with Gasteiger partial charge < -0.3 is 5.32 Å². The summed E-state index contributed by atoms with van der Waals surface area (Å²) in [4.78, 5) is 8.81. The summed E-state index contributed by atoms with van der Waals surface area (Å²) in [7, 11) is 0. The number of hydrogen-bond donors (Lipinski definition) is 1. The maximum absolute atomic E-state index is 6.03. The Morgan fingerprint density at radius 2 is 2.06 bits per heavy atom. The molecule has 1 aliphatic carbocycles. The molecule has 0 radical (unpaired) electrons. The Bertz CT molecular complexity index is 394. The van der Waals surface area contributed by atoms with E-state index in [1.165, 1.54) is 19.3 Å². The molecule has 1 fully saturated rings. The highest BCUT2D eigenvalue weighted by Gasteiger charge is 2.20. The van der Waals surface area contributed by atoms with Crippen molar-refractivity contribution in [2.45, 2.75) is 45.4 Å². The van der Waals surface area contributed by atoms with Crippen LogP contribution in [0.3, 0.4) is 0 Å². The van der Waals surface area contributed by atoms with Gasteiger partial charge in [-0.05, 0) is 18.8 Å². The molecule has 0 amide bonds. The van der Waals surface area contributed by atoms with Crippen molar-refractivity contribution in [2.75, 3.05) is 11.9 Å². The van der Waals surface area contributed by atoms with Gasteiger partial charge in [0, 0.05) is 18.0 Å². The maximum atomic E-state index is 6.03. The van der Waals surface area contributed by atoms with Gasteiger partial charge in [0.1, 0.15) is 16.8 Å². The number of nitrogens with one attached hydrogen (secondary N) is 1. The molecule has 0 aliphatic heterocycles. The fourth-order valence-corrected chi connectivity index (χ4v) is 1.97. The first kappa shape index (κ1) is 12.6. The first-order chi connectivity index (χ1) is 7.95. The van der Waals surface area contributed by atoms with Gasteiger partial charge in [-0.1, -0.05) is 38.8 Å². The van der Waals surface area contributed by atoms with E-state index in [0.29, 0.717) is 5.15 Å². The molecular weight excluding hydrogens is 234 g/mol. The van der Waals surface area contributed by atoms with E-state index < -0.39 is 0 Å². The number of aromatic nitrogens is 2. The van der Waals surface area contributed by atoms with Gasteiger partial charge in [0.2, 0.25) is 0 Å². The van der Waals surface area contributed by atoms with Crippen LogP contribution in [0.4, 0.5) is 5.82 Å². The van der Waals surface area contributed by atoms with E-state index in [0.717, 1.165) is 24.1 Å². The van der Waals surface area contributed by atoms with Crippen LogP contribution >= 0.6 is 11.6 Å². The summed E-state index contributed by atoms with van der Waals surface area (Å²) in [6.45, 7) is 7.27. The molecule has 0 atom stereocenters. The molecule has 1 heterocycles. The summed E-state index contributed by atoms with van der Waals surface area (Å²) in [6, 6.07) is 1.80. The summed E-state index contributed by atoms with van der Waals surface area (Å²) in [5, 5.41) is 3.88. The molecule has 2 rings (SSSR count). The zero-order valence-corrected chi connectivity index (χ0v) is 11.5. The minimum absolute atomic E-state index is 0.0716. The Balaban J connectivity index is 2.08. The van der Waals surface area contributed by atoms with Crippen LogP contribution in [0, 0.1) is 5.92 Å². The average molecular weight is 254 g/mol. The Morgan fingerprint density at radius 1 is 1.35 bits per heavy atom. The van der Waals surface area contributed by atoms with Crippen LogP contribution < -0.4 is 5.32 Å². The number of hydrogen-bond acceptors (Lipinski definition) is 3. The highest BCUT2D eigenvalue weighted by molar-refractivity contribution is 6.29. The van der Waals surface area contributed by atoms with Gasteiger partial charge >= 0.3 is 0 Å². The molecule has 0 spiro atoms. The van der Waals surface area contributed by atoms with Crippen molar-refractivity contribution in [1.82, 2.24) is 9.97 Å². The Morgan fingerprint density at radius 3 is 2.59 bits per heavy atom. The highest BCUT2D eigenvalue weighted by atomic mass is 35.5. The van der Waals surface area contributed by atoms with E-state index in [1.807, 2.05) is 0 Å². The SMILES string of the molecule is CC(C)(C)c1nc(Cl)cc(NCC2CCC2)n1. The van der Waals surface area contributed by atoms with Gasteiger partial charge in [-0.15, -0.1) is 0 Å². The molecule has 1 aromatic heterocycles. The van der Waals surface area contributed by atoms with Crippen molar-refractivity contribution >= 4 is 17.4 Å². The first-order valence-corrected chi connectivity index (χ1v) is 6.62. The molecule has 0 bridgehead atoms. The summed E-state index contributed by atoms with van der Waals surface area (Å²) in [5.74, 6) is 2.45. The zero-order valence-electron chi connectivity index (χ0n) is 10.8. The maximum Gasteiger partial charge on any atom is 0.137 e. The molecule has 0 saturated heterocycles. The third-order valence-electron chi connectivity index (χ3n) is 3.16. The van der Waals surface area contributed by atoms with Crippen LogP contribution in [0.15, 0.2) is 6.07 Å². The molecular formula is C13H20ClN3. The van der Waals surface area contributed by atoms with E-state index in [2.05, 4.69) is 36.1 Å². The van der Waals surface area contributed by atoms with Crippen molar-refractivity contribution in [2.24, 2.45) is 5.92 Å². The van der Waals surface area contributed by atoms with Crippen LogP contribution in [0.1, 0.15) is 45.9 Å². The molecule has 1 aromatic rings. The van der Waals surface area contributed by atoms with E-state index in [4.69, 9.17) is 11.6 Å². The highest BCUT2D eigenvalue weighted by Crippen LogP contribution is 2.27. The second kappa shape index (κ2) is 4.81. The largest absolute Gasteiger partial charge is 0.370 e. The lowest BCUT2D eigenvalue weighted by molar-refractivity contribution is 0.333. The Labute approximate surface area is 108 Å². The lowest BCUT2D eigenvalue weighted by atomic mass is 9.85. The first-order valence-electron chi connectivity index (χ1n) is 6.24. The predicted octanol–water partition coefficient (Wildman–Crippen LogP) is 3.64. The second-order valence-electron chi connectivity index (χ2n) is 5.83. The van der Waals surface area contributed by atoms with Crippen LogP contribution in [0.5, 0.6) is 0 Å². The fraction of sp³-hybridized carbons (Fsp3) is 0.692. The van der Waals surface area contributed by atoms with Crippen molar-refractivity contribution in [3.05, 3.63) is 17.0 Å². The average Bonchev–Trinajstić information content (AvgIpc) is 2.13. The Kier molecular flexibility index (Phi) is 3.57. The third kappa shape index (κ3) is 3.32. The van der Waals surface area contributed by atoms with Gasteiger partial charge in [0.15, 0.2) is 0 Å². The topological polar surface area (TPSA) is 37.8 Å². The van der Waals surface area contributed by atoms with E-state index in [9.17, 15) is 0 Å². The molecule has 1 saturated carbocycles. The molecule has 4 heteroatoms. The van der Waals surface area contributed by atoms with Crippen molar-refractivity contribution in [1.29, 1.82) is 0 Å². The second-order valence-corrected chi connectivity index (χ2v) is 6.21. The fourth-order valence-electron chi connectivity index (χ4n) is 1.79. The van der Waals surface area contributed by atoms with Crippen molar-refractivity contribution in [3.8, 4) is 0 Å². The standard InChI is InChI=1S/C13H20ClN3/c1-13(2,3)12-16-10(14)7-11(17-12)15-8-9-5-4-6-9/h7,9H,4-6,8H2,1-3H3,(H,15,16,17). The number of halogens is 1. The van der Waals surface area contributed by atoms with Gasteiger partial charge in [-0.25, -0.2) is 9.97 Å². The molecule has 1 aliphatic rings. The quantitative estimate of drug-likeness (QED) is 0.836. The minimum Gasteiger partial charge on any atom is -0.370 e. The van der Waals surface area contributed by atoms with Gasteiger partial charge in [-0.3, -0.25) is 0 Å². The van der Waals surface area contributed by atoms with Crippen molar-refractivity contribution < 1.29 is 0 Å². The van der Waals surface area contributed by atoms with Crippen LogP contribution in [-0.4, -0.2) is 16.5 Å². The van der Waals surface area contributed by atoms with E-state index in [1.54, 1.807) is 6.07 Å². The Hall–Kier alpha value is -0.830. The van der Waals surface area contributed by atoms with Crippen LogP contribution in [0.2, 0.25) is 5.15 Å². The normalized spacial score (nSPS) is 16.7. The predicted molar refractivity (Wildman–Crippen MR) is 71.6 cm³/mol. The summed E-state index contributed by atoms with van der Waals surface area (Å²) >= 11 is 6.03. The smallest absolute Gasteiger partial charge is 0.137 e. The van der Waals surface area contributed by atoms with Gasteiger partial charge in [0.25, 0.3) is 0 Å². The zero-order chi connectivity index (χ0) is 12.5. The molecule has 0 aromatic carbocycles. The number of nitrogens with zero attached hydrogens (tertiary/aromatic N) is 2.